The summed E-state index contributed by atoms with van der Waals surface area (Å²) in [5.41, 5.74) is 4.03. The van der Waals surface area contributed by atoms with Crippen LogP contribution in [0.15, 0.2) is 55.5 Å². The molecule has 2 fully saturated rings. The first-order valence-electron chi connectivity index (χ1n) is 13.8. The zero-order chi connectivity index (χ0) is 28.2. The molecule has 0 aliphatic carbocycles. The zero-order valence-electron chi connectivity index (χ0n) is 23.0. The number of likely N-dealkylation sites (tertiary alicyclic amines) is 1. The van der Waals surface area contributed by atoms with Crippen molar-refractivity contribution in [3.63, 3.8) is 0 Å². The van der Waals surface area contributed by atoms with E-state index in [0.29, 0.717) is 47.5 Å². The number of aromatic amines is 1. The number of benzene rings is 1. The number of carbonyl (C=O) groups is 1. The van der Waals surface area contributed by atoms with Crippen molar-refractivity contribution in [3.8, 4) is 17.1 Å². The Morgan fingerprint density at radius 2 is 1.98 bits per heavy atom. The summed E-state index contributed by atoms with van der Waals surface area (Å²) in [6.07, 6.45) is 7.93. The first kappa shape index (κ1) is 26.5. The molecular formula is C29H33N9O3. The van der Waals surface area contributed by atoms with Crippen LogP contribution < -0.4 is 20.3 Å². The van der Waals surface area contributed by atoms with Gasteiger partial charge >= 0.3 is 0 Å². The molecular weight excluding hydrogens is 522 g/mol. The van der Waals surface area contributed by atoms with Crippen molar-refractivity contribution in [2.75, 3.05) is 62.0 Å². The molecule has 0 saturated carbocycles. The second-order valence-electron chi connectivity index (χ2n) is 9.96. The summed E-state index contributed by atoms with van der Waals surface area (Å²) in [5.74, 6) is 1.35. The average molecular weight is 556 g/mol. The van der Waals surface area contributed by atoms with Crippen molar-refractivity contribution >= 4 is 40.1 Å². The van der Waals surface area contributed by atoms with Crippen LogP contribution in [0.4, 0.5) is 23.1 Å². The largest absolute Gasteiger partial charge is 0.472 e. The number of nitrogens with zero attached hydrogens (tertiary/aromatic N) is 6. The van der Waals surface area contributed by atoms with Gasteiger partial charge in [0.2, 0.25) is 17.7 Å². The molecule has 1 unspecified atom stereocenters. The molecule has 1 amide bonds. The number of anilines is 4. The first-order valence-corrected chi connectivity index (χ1v) is 13.8. The molecule has 3 aromatic heterocycles. The molecule has 1 aromatic carbocycles. The maximum atomic E-state index is 12.3. The third-order valence-corrected chi connectivity index (χ3v) is 7.31. The van der Waals surface area contributed by atoms with Crippen LogP contribution in [0, 0.1) is 0 Å². The van der Waals surface area contributed by atoms with Gasteiger partial charge in [0, 0.05) is 49.8 Å². The van der Waals surface area contributed by atoms with Crippen LogP contribution in [-0.2, 0) is 9.53 Å². The van der Waals surface area contributed by atoms with Crippen LogP contribution in [0.3, 0.4) is 0 Å². The van der Waals surface area contributed by atoms with Gasteiger partial charge in [-0.05, 0) is 43.2 Å². The highest BCUT2D eigenvalue weighted by Gasteiger charge is 2.26. The molecule has 2 saturated heterocycles. The number of amides is 1. The van der Waals surface area contributed by atoms with E-state index in [-0.39, 0.29) is 12.0 Å². The van der Waals surface area contributed by atoms with Crippen molar-refractivity contribution in [3.05, 3.63) is 55.5 Å². The Kier molecular flexibility index (Phi) is 7.63. The lowest BCUT2D eigenvalue weighted by Crippen LogP contribution is -2.43. The Labute approximate surface area is 237 Å². The number of H-pyrrole nitrogens is 1. The van der Waals surface area contributed by atoms with E-state index in [4.69, 9.17) is 19.4 Å². The molecule has 2 aliphatic rings. The van der Waals surface area contributed by atoms with Crippen LogP contribution in [0.25, 0.3) is 22.3 Å². The summed E-state index contributed by atoms with van der Waals surface area (Å²) in [4.78, 5) is 38.2. The topological polar surface area (TPSA) is 133 Å². The third kappa shape index (κ3) is 5.78. The second-order valence-corrected chi connectivity index (χ2v) is 9.96. The van der Waals surface area contributed by atoms with E-state index in [1.807, 2.05) is 18.3 Å². The molecule has 12 heteroatoms. The van der Waals surface area contributed by atoms with E-state index < -0.39 is 0 Å². The smallest absolute Gasteiger partial charge is 0.246 e. The summed E-state index contributed by atoms with van der Waals surface area (Å²) in [6, 6.07) is 8.18. The van der Waals surface area contributed by atoms with Crippen molar-refractivity contribution in [1.82, 2.24) is 29.8 Å². The van der Waals surface area contributed by atoms with E-state index in [9.17, 15) is 4.79 Å². The van der Waals surface area contributed by atoms with Crippen molar-refractivity contribution in [1.29, 1.82) is 0 Å². The average Bonchev–Trinajstić information content (AvgIpc) is 3.46. The lowest BCUT2D eigenvalue weighted by atomic mass is 10.1. The molecule has 4 aromatic rings. The standard InChI is InChI=1S/C29H33N9O3/c1-3-25(39)38-10-4-5-21(18-38)41-28-26-22(23-16-31-17-24(30-2)34-23)15-32-27(26)35-29(36-28)33-19-6-8-20(9-7-19)37-11-13-40-14-12-37/h3,6-9,15-17,21H,1,4-5,10-14,18H2,2H3,(H,30,34)(H2,32,33,35,36). The van der Waals surface area contributed by atoms with Crippen molar-refractivity contribution < 1.29 is 14.3 Å². The van der Waals surface area contributed by atoms with Gasteiger partial charge in [0.05, 0.1) is 43.2 Å². The monoisotopic (exact) mass is 555 g/mol. The summed E-state index contributed by atoms with van der Waals surface area (Å²) < 4.78 is 12.0. The fourth-order valence-electron chi connectivity index (χ4n) is 5.19. The van der Waals surface area contributed by atoms with Gasteiger partial charge in [-0.3, -0.25) is 9.78 Å². The van der Waals surface area contributed by atoms with E-state index >= 15 is 0 Å². The van der Waals surface area contributed by atoms with Crippen LogP contribution in [0.2, 0.25) is 0 Å². The quantitative estimate of drug-likeness (QED) is 0.277. The lowest BCUT2D eigenvalue weighted by Gasteiger charge is -2.32. The summed E-state index contributed by atoms with van der Waals surface area (Å²) in [7, 11) is 1.80. The highest BCUT2D eigenvalue weighted by molar-refractivity contribution is 5.97. The Balaban J connectivity index is 1.33. The van der Waals surface area contributed by atoms with Crippen molar-refractivity contribution in [2.24, 2.45) is 0 Å². The molecule has 6 rings (SSSR count). The molecule has 0 radical (unpaired) electrons. The van der Waals surface area contributed by atoms with Crippen LogP contribution in [0.1, 0.15) is 12.8 Å². The molecule has 0 spiro atoms. The number of hydrogen-bond acceptors (Lipinski definition) is 10. The number of carbonyl (C=O) groups excluding carboxylic acids is 1. The maximum absolute atomic E-state index is 12.3. The van der Waals surface area contributed by atoms with Crippen LogP contribution in [-0.4, -0.2) is 88.3 Å². The van der Waals surface area contributed by atoms with Gasteiger partial charge in [-0.25, -0.2) is 4.98 Å². The number of ether oxygens (including phenoxy) is 2. The van der Waals surface area contributed by atoms with Crippen LogP contribution >= 0.6 is 0 Å². The van der Waals surface area contributed by atoms with Gasteiger partial charge in [-0.1, -0.05) is 6.58 Å². The third-order valence-electron chi connectivity index (χ3n) is 7.31. The normalized spacial score (nSPS) is 17.3. The minimum absolute atomic E-state index is 0.101. The number of fused-ring (bicyclic) bond motifs is 1. The molecule has 212 valence electrons. The van der Waals surface area contributed by atoms with Gasteiger partial charge in [0.1, 0.15) is 17.6 Å². The number of rotatable bonds is 8. The minimum Gasteiger partial charge on any atom is -0.472 e. The first-order chi connectivity index (χ1) is 20.1. The van der Waals surface area contributed by atoms with E-state index in [1.54, 1.807) is 24.3 Å². The molecule has 41 heavy (non-hydrogen) atoms. The SMILES string of the molecule is C=CC(=O)N1CCCC(Oc2nc(Nc3ccc(N4CCOCC4)cc3)nc3[nH]cc(-c4cncc(NC)n4)c23)C1. The zero-order valence-corrected chi connectivity index (χ0v) is 23.0. The molecule has 3 N–H and O–H groups in total. The number of morpholine rings is 1. The highest BCUT2D eigenvalue weighted by Crippen LogP contribution is 2.35. The molecule has 0 bridgehead atoms. The maximum Gasteiger partial charge on any atom is 0.246 e. The number of piperidine rings is 1. The Morgan fingerprint density at radius 1 is 1.15 bits per heavy atom. The Morgan fingerprint density at radius 3 is 2.76 bits per heavy atom. The Bertz CT molecular complexity index is 1530. The summed E-state index contributed by atoms with van der Waals surface area (Å²) in [6.45, 7) is 7.99. The van der Waals surface area contributed by atoms with E-state index in [2.05, 4.69) is 49.2 Å². The predicted octanol–water partition coefficient (Wildman–Crippen LogP) is 3.59. The fraction of sp³-hybridized carbons (Fsp3) is 0.345. The molecule has 1 atom stereocenters. The summed E-state index contributed by atoms with van der Waals surface area (Å²) in [5, 5.41) is 7.06. The minimum atomic E-state index is -0.233. The highest BCUT2D eigenvalue weighted by atomic mass is 16.5. The summed E-state index contributed by atoms with van der Waals surface area (Å²) >= 11 is 0. The molecule has 2 aliphatic heterocycles. The van der Waals surface area contributed by atoms with Gasteiger partial charge in [0.15, 0.2) is 0 Å². The van der Waals surface area contributed by atoms with Crippen molar-refractivity contribution in [2.45, 2.75) is 18.9 Å². The van der Waals surface area contributed by atoms with Crippen LogP contribution in [0.5, 0.6) is 5.88 Å². The van der Waals surface area contributed by atoms with Gasteiger partial charge < -0.3 is 34.9 Å². The Hall–Kier alpha value is -4.71. The van der Waals surface area contributed by atoms with E-state index in [0.717, 1.165) is 56.1 Å². The van der Waals surface area contributed by atoms with E-state index in [1.165, 1.54) is 6.08 Å². The number of nitrogens with one attached hydrogen (secondary N) is 3. The lowest BCUT2D eigenvalue weighted by molar-refractivity contribution is -0.128. The number of hydrogen-bond donors (Lipinski definition) is 3. The molecule has 5 heterocycles. The van der Waals surface area contributed by atoms with Gasteiger partial charge in [-0.2, -0.15) is 9.97 Å². The van der Waals surface area contributed by atoms with Gasteiger partial charge in [0.25, 0.3) is 0 Å². The van der Waals surface area contributed by atoms with Gasteiger partial charge in [-0.15, -0.1) is 0 Å². The fourth-order valence-corrected chi connectivity index (χ4v) is 5.19. The second kappa shape index (κ2) is 11.8. The molecule has 12 nitrogen and oxygen atoms in total. The predicted molar refractivity (Wildman–Crippen MR) is 158 cm³/mol. The number of aromatic nitrogens is 5.